The van der Waals surface area contributed by atoms with Gasteiger partial charge in [-0.2, -0.15) is 11.8 Å². The molecule has 102 valence electrons. The minimum absolute atomic E-state index is 0.0843. The summed E-state index contributed by atoms with van der Waals surface area (Å²) < 4.78 is 5.14. The maximum atomic E-state index is 5.14. The number of thiazole rings is 1. The molecule has 0 bridgehead atoms. The van der Waals surface area contributed by atoms with Crippen LogP contribution < -0.4 is 5.32 Å². The second-order valence-electron chi connectivity index (χ2n) is 5.04. The lowest BCUT2D eigenvalue weighted by Crippen LogP contribution is -2.44. The third-order valence-corrected chi connectivity index (χ3v) is 5.57. The summed E-state index contributed by atoms with van der Waals surface area (Å²) in [6, 6.07) is 0. The molecular formula is C13H22N2OS2. The van der Waals surface area contributed by atoms with Crippen LogP contribution in [-0.2, 0) is 10.3 Å². The van der Waals surface area contributed by atoms with E-state index in [4.69, 9.17) is 9.72 Å². The van der Waals surface area contributed by atoms with Gasteiger partial charge >= 0.3 is 0 Å². The van der Waals surface area contributed by atoms with E-state index >= 15 is 0 Å². The molecule has 1 unspecified atom stereocenters. The van der Waals surface area contributed by atoms with Crippen LogP contribution in [0.25, 0.3) is 0 Å². The highest BCUT2D eigenvalue weighted by molar-refractivity contribution is 7.99. The van der Waals surface area contributed by atoms with Crippen LogP contribution in [0.4, 0.5) is 0 Å². The Morgan fingerprint density at radius 3 is 2.94 bits per heavy atom. The van der Waals surface area contributed by atoms with E-state index in [9.17, 15) is 0 Å². The van der Waals surface area contributed by atoms with E-state index in [1.807, 2.05) is 11.8 Å². The Morgan fingerprint density at radius 2 is 2.39 bits per heavy atom. The summed E-state index contributed by atoms with van der Waals surface area (Å²) in [5.74, 6) is 2.86. The summed E-state index contributed by atoms with van der Waals surface area (Å²) in [7, 11) is 1.75. The third kappa shape index (κ3) is 3.07. The molecule has 0 radical (unpaired) electrons. The number of methoxy groups -OCH3 is 1. The number of hydrogen-bond donors (Lipinski definition) is 1. The number of aromatic nitrogens is 1. The number of nitrogens with zero attached hydrogens (tertiary/aromatic N) is 1. The minimum atomic E-state index is 0.0843. The molecule has 1 aliphatic heterocycles. The van der Waals surface area contributed by atoms with Crippen molar-refractivity contribution >= 4 is 23.1 Å². The molecule has 1 saturated heterocycles. The zero-order valence-electron chi connectivity index (χ0n) is 11.4. The smallest absolute Gasteiger partial charge is 0.114 e. The van der Waals surface area contributed by atoms with Gasteiger partial charge in [-0.1, -0.05) is 13.8 Å². The van der Waals surface area contributed by atoms with Crippen molar-refractivity contribution in [2.45, 2.75) is 31.7 Å². The zero-order valence-corrected chi connectivity index (χ0v) is 13.0. The van der Waals surface area contributed by atoms with Crippen LogP contribution >= 0.6 is 23.1 Å². The minimum Gasteiger partial charge on any atom is -0.383 e. The van der Waals surface area contributed by atoms with Crippen molar-refractivity contribution in [3.05, 3.63) is 16.1 Å². The van der Waals surface area contributed by atoms with Gasteiger partial charge in [0, 0.05) is 24.8 Å². The van der Waals surface area contributed by atoms with Crippen LogP contribution in [0.15, 0.2) is 5.38 Å². The monoisotopic (exact) mass is 286 g/mol. The van der Waals surface area contributed by atoms with Crippen LogP contribution in [-0.4, -0.2) is 36.8 Å². The lowest BCUT2D eigenvalue weighted by molar-refractivity contribution is 0.187. The molecule has 3 nitrogen and oxygen atoms in total. The third-order valence-electron chi connectivity index (χ3n) is 3.31. The first kappa shape index (κ1) is 14.3. The fourth-order valence-electron chi connectivity index (χ4n) is 2.11. The highest BCUT2D eigenvalue weighted by Gasteiger charge is 2.38. The first-order valence-electron chi connectivity index (χ1n) is 6.45. The molecule has 1 fully saturated rings. The van der Waals surface area contributed by atoms with E-state index < -0.39 is 0 Å². The highest BCUT2D eigenvalue weighted by Crippen LogP contribution is 2.38. The molecule has 2 heterocycles. The van der Waals surface area contributed by atoms with Crippen molar-refractivity contribution in [3.63, 3.8) is 0 Å². The number of nitrogens with one attached hydrogen (secondary N) is 1. The molecule has 0 amide bonds. The first-order valence-corrected chi connectivity index (χ1v) is 8.49. The highest BCUT2D eigenvalue weighted by atomic mass is 32.2. The molecule has 1 aromatic heterocycles. The van der Waals surface area contributed by atoms with E-state index in [0.29, 0.717) is 5.92 Å². The topological polar surface area (TPSA) is 34.1 Å². The maximum Gasteiger partial charge on any atom is 0.114 e. The van der Waals surface area contributed by atoms with Crippen molar-refractivity contribution in [1.82, 2.24) is 10.3 Å². The molecule has 2 rings (SSSR count). The Morgan fingerprint density at radius 1 is 1.56 bits per heavy atom. The van der Waals surface area contributed by atoms with E-state index in [2.05, 4.69) is 24.5 Å². The molecular weight excluding hydrogens is 264 g/mol. The van der Waals surface area contributed by atoms with Crippen LogP contribution in [0.5, 0.6) is 0 Å². The van der Waals surface area contributed by atoms with Crippen molar-refractivity contribution < 1.29 is 4.74 Å². The summed E-state index contributed by atoms with van der Waals surface area (Å²) in [5, 5.41) is 7.13. The molecule has 0 aromatic carbocycles. The average molecular weight is 286 g/mol. The first-order chi connectivity index (χ1) is 8.68. The van der Waals surface area contributed by atoms with Gasteiger partial charge in [-0.3, -0.25) is 0 Å². The molecule has 1 atom stereocenters. The second kappa shape index (κ2) is 6.37. The Labute approximate surface area is 118 Å². The van der Waals surface area contributed by atoms with Crippen molar-refractivity contribution in [2.24, 2.45) is 0 Å². The van der Waals surface area contributed by atoms with Crippen molar-refractivity contribution in [3.8, 4) is 0 Å². The molecule has 0 spiro atoms. The predicted molar refractivity (Wildman–Crippen MR) is 79.7 cm³/mol. The summed E-state index contributed by atoms with van der Waals surface area (Å²) in [5.41, 5.74) is 1.31. The van der Waals surface area contributed by atoms with Crippen LogP contribution in [0.3, 0.4) is 0 Å². The standard InChI is InChI=1S/C13H22N2OS2/c1-10(2)11-8-18-12(15-11)13(4-7-17-9-13)14-5-6-16-3/h8,10,14H,4-7,9H2,1-3H3. The van der Waals surface area contributed by atoms with Crippen LogP contribution in [0.1, 0.15) is 36.9 Å². The zero-order chi connectivity index (χ0) is 13.0. The Bertz CT molecular complexity index is 373. The summed E-state index contributed by atoms with van der Waals surface area (Å²) >= 11 is 3.82. The van der Waals surface area contributed by atoms with Gasteiger partial charge in [-0.15, -0.1) is 11.3 Å². The van der Waals surface area contributed by atoms with Crippen molar-refractivity contribution in [1.29, 1.82) is 0 Å². The second-order valence-corrected chi connectivity index (χ2v) is 7.00. The fourth-order valence-corrected chi connectivity index (χ4v) is 4.76. The van der Waals surface area contributed by atoms with Gasteiger partial charge in [0.25, 0.3) is 0 Å². The molecule has 1 aliphatic rings. The molecule has 5 heteroatoms. The van der Waals surface area contributed by atoms with E-state index in [1.165, 1.54) is 22.9 Å². The largest absolute Gasteiger partial charge is 0.383 e. The van der Waals surface area contributed by atoms with Gasteiger partial charge in [0.2, 0.25) is 0 Å². The van der Waals surface area contributed by atoms with E-state index in [1.54, 1.807) is 18.4 Å². The number of ether oxygens (including phenoxy) is 1. The van der Waals surface area contributed by atoms with Gasteiger partial charge in [0.1, 0.15) is 5.01 Å². The van der Waals surface area contributed by atoms with Gasteiger partial charge in [0.05, 0.1) is 17.8 Å². The normalized spacial score (nSPS) is 24.0. The maximum absolute atomic E-state index is 5.14. The molecule has 1 aromatic rings. The Kier molecular flexibility index (Phi) is 5.06. The Hall–Kier alpha value is -0.100. The number of rotatable bonds is 6. The lowest BCUT2D eigenvalue weighted by atomic mass is 10.00. The van der Waals surface area contributed by atoms with E-state index in [-0.39, 0.29) is 5.54 Å². The SMILES string of the molecule is COCCNC1(c2nc(C(C)C)cs2)CCSC1. The van der Waals surface area contributed by atoms with Gasteiger partial charge in [0.15, 0.2) is 0 Å². The van der Waals surface area contributed by atoms with Crippen LogP contribution in [0, 0.1) is 0 Å². The summed E-state index contributed by atoms with van der Waals surface area (Å²) in [4.78, 5) is 4.84. The summed E-state index contributed by atoms with van der Waals surface area (Å²) in [6.07, 6.45) is 1.17. The lowest BCUT2D eigenvalue weighted by Gasteiger charge is -2.27. The summed E-state index contributed by atoms with van der Waals surface area (Å²) in [6.45, 7) is 6.06. The molecule has 18 heavy (non-hydrogen) atoms. The average Bonchev–Trinajstić information content (AvgIpc) is 2.98. The van der Waals surface area contributed by atoms with Crippen molar-refractivity contribution in [2.75, 3.05) is 31.8 Å². The van der Waals surface area contributed by atoms with Gasteiger partial charge in [-0.05, 0) is 18.1 Å². The number of thioether (sulfide) groups is 1. The fraction of sp³-hybridized carbons (Fsp3) is 0.769. The van der Waals surface area contributed by atoms with Gasteiger partial charge < -0.3 is 10.1 Å². The van der Waals surface area contributed by atoms with E-state index in [0.717, 1.165) is 18.9 Å². The Balaban J connectivity index is 2.12. The molecule has 1 N–H and O–H groups in total. The molecule has 0 aliphatic carbocycles. The quantitative estimate of drug-likeness (QED) is 0.816. The van der Waals surface area contributed by atoms with Crippen LogP contribution in [0.2, 0.25) is 0 Å². The number of hydrogen-bond acceptors (Lipinski definition) is 5. The van der Waals surface area contributed by atoms with Gasteiger partial charge in [-0.25, -0.2) is 4.98 Å². The molecule has 0 saturated carbocycles. The predicted octanol–water partition coefficient (Wildman–Crippen LogP) is 2.83.